The van der Waals surface area contributed by atoms with Gasteiger partial charge in [0.1, 0.15) is 0 Å². The van der Waals surface area contributed by atoms with Gasteiger partial charge in [0.25, 0.3) is 0 Å². The van der Waals surface area contributed by atoms with Gasteiger partial charge in [0.2, 0.25) is 0 Å². The van der Waals surface area contributed by atoms with Crippen molar-refractivity contribution in [1.82, 2.24) is 4.90 Å². The van der Waals surface area contributed by atoms with Crippen molar-refractivity contribution in [2.45, 2.75) is 23.8 Å². The number of sulfone groups is 1. The van der Waals surface area contributed by atoms with Crippen molar-refractivity contribution in [1.29, 1.82) is 0 Å². The lowest BCUT2D eigenvalue weighted by Crippen LogP contribution is -2.37. The summed E-state index contributed by atoms with van der Waals surface area (Å²) in [5, 5.41) is 10.8. The number of nitrogens with zero attached hydrogens (tertiary/aromatic N) is 1. The molecule has 130 valence electrons. The highest BCUT2D eigenvalue weighted by molar-refractivity contribution is 7.90. The molecule has 0 aliphatic heterocycles. The van der Waals surface area contributed by atoms with Crippen LogP contribution >= 0.6 is 0 Å². The molecule has 0 saturated heterocycles. The first kappa shape index (κ1) is 18.6. The van der Waals surface area contributed by atoms with Gasteiger partial charge in [0.05, 0.1) is 10.5 Å². The number of rotatable bonds is 7. The molecule has 0 aliphatic rings. The van der Waals surface area contributed by atoms with E-state index in [0.29, 0.717) is 12.1 Å². The van der Waals surface area contributed by atoms with Gasteiger partial charge in [-0.15, -0.1) is 0 Å². The molecular weight excluding hydrogens is 322 g/mol. The first-order valence-corrected chi connectivity index (χ1v) is 9.83. The molecular formula is C19H25NO3S. The molecule has 1 N–H and O–H groups in total. The smallest absolute Gasteiger partial charge is 0.175 e. The van der Waals surface area contributed by atoms with E-state index < -0.39 is 15.4 Å². The minimum absolute atomic E-state index is 0.263. The topological polar surface area (TPSA) is 57.6 Å². The molecule has 0 radical (unpaired) electrons. The molecule has 0 spiro atoms. The maximum atomic E-state index is 11.5. The largest absolute Gasteiger partial charge is 0.384 e. The lowest BCUT2D eigenvalue weighted by atomic mass is 9.95. The SMILES string of the molecule is CN(CCc1ccccc1)CC(C)(O)c1ccc(S(C)(=O)=O)cc1. The average molecular weight is 347 g/mol. The number of hydrogen-bond acceptors (Lipinski definition) is 4. The number of benzene rings is 2. The van der Waals surface area contributed by atoms with Gasteiger partial charge < -0.3 is 10.0 Å². The van der Waals surface area contributed by atoms with Crippen LogP contribution < -0.4 is 0 Å². The van der Waals surface area contributed by atoms with E-state index in [2.05, 4.69) is 17.0 Å². The highest BCUT2D eigenvalue weighted by Crippen LogP contribution is 2.23. The molecule has 2 aromatic carbocycles. The zero-order valence-corrected chi connectivity index (χ0v) is 15.3. The van der Waals surface area contributed by atoms with Gasteiger partial charge >= 0.3 is 0 Å². The van der Waals surface area contributed by atoms with Crippen LogP contribution in [0.5, 0.6) is 0 Å². The van der Waals surface area contributed by atoms with Crippen LogP contribution in [0.2, 0.25) is 0 Å². The van der Waals surface area contributed by atoms with Crippen molar-refractivity contribution in [3.63, 3.8) is 0 Å². The van der Waals surface area contributed by atoms with E-state index in [-0.39, 0.29) is 4.90 Å². The second-order valence-corrected chi connectivity index (χ2v) is 8.56. The van der Waals surface area contributed by atoms with Gasteiger partial charge in [-0.3, -0.25) is 0 Å². The van der Waals surface area contributed by atoms with Crippen LogP contribution in [0.15, 0.2) is 59.5 Å². The third-order valence-corrected chi connectivity index (χ3v) is 5.24. The molecule has 24 heavy (non-hydrogen) atoms. The Hall–Kier alpha value is -1.69. The predicted molar refractivity (Wildman–Crippen MR) is 96.8 cm³/mol. The van der Waals surface area contributed by atoms with Gasteiger partial charge in [-0.25, -0.2) is 8.42 Å². The Bertz CT molecular complexity index is 753. The van der Waals surface area contributed by atoms with E-state index >= 15 is 0 Å². The van der Waals surface area contributed by atoms with Crippen LogP contribution in [0.25, 0.3) is 0 Å². The Morgan fingerprint density at radius 1 is 1.04 bits per heavy atom. The minimum Gasteiger partial charge on any atom is -0.384 e. The Morgan fingerprint density at radius 3 is 2.17 bits per heavy atom. The van der Waals surface area contributed by atoms with Gasteiger partial charge in [-0.05, 0) is 43.7 Å². The summed E-state index contributed by atoms with van der Waals surface area (Å²) < 4.78 is 23.0. The Morgan fingerprint density at radius 2 is 1.62 bits per heavy atom. The number of likely N-dealkylation sites (N-methyl/N-ethyl adjacent to an activating group) is 1. The molecule has 0 aliphatic carbocycles. The summed E-state index contributed by atoms with van der Waals surface area (Å²) in [4.78, 5) is 2.34. The van der Waals surface area contributed by atoms with Gasteiger partial charge in [-0.2, -0.15) is 0 Å². The summed E-state index contributed by atoms with van der Waals surface area (Å²) in [6.45, 7) is 3.06. The maximum absolute atomic E-state index is 11.5. The lowest BCUT2D eigenvalue weighted by molar-refractivity contribution is 0.0237. The molecule has 2 rings (SSSR count). The Kier molecular flexibility index (Phi) is 5.80. The molecule has 4 nitrogen and oxygen atoms in total. The highest BCUT2D eigenvalue weighted by Gasteiger charge is 2.25. The molecule has 2 aromatic rings. The summed E-state index contributed by atoms with van der Waals surface area (Å²) in [7, 11) is -1.24. The zero-order valence-electron chi connectivity index (χ0n) is 14.4. The maximum Gasteiger partial charge on any atom is 0.175 e. The van der Waals surface area contributed by atoms with Gasteiger partial charge in [0.15, 0.2) is 9.84 Å². The van der Waals surface area contributed by atoms with Gasteiger partial charge in [-0.1, -0.05) is 42.5 Å². The van der Waals surface area contributed by atoms with Crippen molar-refractivity contribution >= 4 is 9.84 Å². The van der Waals surface area contributed by atoms with Crippen molar-refractivity contribution in [3.05, 3.63) is 65.7 Å². The van der Waals surface area contributed by atoms with Crippen molar-refractivity contribution in [2.75, 3.05) is 26.4 Å². The van der Waals surface area contributed by atoms with Crippen LogP contribution in [0.4, 0.5) is 0 Å². The molecule has 5 heteroatoms. The second-order valence-electron chi connectivity index (χ2n) is 6.54. The molecule has 0 saturated carbocycles. The van der Waals surface area contributed by atoms with E-state index in [1.54, 1.807) is 31.2 Å². The molecule has 1 atom stereocenters. The van der Waals surface area contributed by atoms with E-state index in [4.69, 9.17) is 0 Å². The highest BCUT2D eigenvalue weighted by atomic mass is 32.2. The molecule has 0 amide bonds. The molecule has 0 fully saturated rings. The van der Waals surface area contributed by atoms with Crippen LogP contribution in [0.3, 0.4) is 0 Å². The second kappa shape index (κ2) is 7.47. The predicted octanol–water partition coefficient (Wildman–Crippen LogP) is 2.47. The van der Waals surface area contributed by atoms with Crippen molar-refractivity contribution < 1.29 is 13.5 Å². The summed E-state index contributed by atoms with van der Waals surface area (Å²) >= 11 is 0. The molecule has 0 heterocycles. The summed E-state index contributed by atoms with van der Waals surface area (Å²) in [5.41, 5.74) is 0.935. The first-order valence-electron chi connectivity index (χ1n) is 7.94. The van der Waals surface area contributed by atoms with Crippen molar-refractivity contribution in [2.24, 2.45) is 0 Å². The normalized spacial score (nSPS) is 14.5. The van der Waals surface area contributed by atoms with E-state index in [0.717, 1.165) is 13.0 Å². The third kappa shape index (κ3) is 5.16. The fourth-order valence-corrected chi connectivity index (χ4v) is 3.35. The average Bonchev–Trinajstić information content (AvgIpc) is 2.53. The van der Waals surface area contributed by atoms with Crippen LogP contribution in [-0.2, 0) is 21.9 Å². The van der Waals surface area contributed by atoms with Crippen molar-refractivity contribution in [3.8, 4) is 0 Å². The molecule has 0 bridgehead atoms. The first-order chi connectivity index (χ1) is 11.2. The monoisotopic (exact) mass is 347 g/mol. The van der Waals surface area contributed by atoms with E-state index in [1.807, 2.05) is 25.2 Å². The van der Waals surface area contributed by atoms with Crippen LogP contribution in [-0.4, -0.2) is 44.8 Å². The lowest BCUT2D eigenvalue weighted by Gasteiger charge is -2.29. The third-order valence-electron chi connectivity index (χ3n) is 4.11. The fourth-order valence-electron chi connectivity index (χ4n) is 2.72. The number of hydrogen-bond donors (Lipinski definition) is 1. The molecule has 0 aromatic heterocycles. The van der Waals surface area contributed by atoms with E-state index in [1.165, 1.54) is 11.8 Å². The van der Waals surface area contributed by atoms with Crippen LogP contribution in [0.1, 0.15) is 18.1 Å². The quantitative estimate of drug-likeness (QED) is 0.836. The minimum atomic E-state index is -3.22. The standard InChI is InChI=1S/C19H25NO3S/c1-19(21,17-9-11-18(12-10-17)24(3,22)23)15-20(2)14-13-16-7-5-4-6-8-16/h4-12,21H,13-15H2,1-3H3. The van der Waals surface area contributed by atoms with Crippen LogP contribution in [0, 0.1) is 0 Å². The Balaban J connectivity index is 1.99. The molecule has 1 unspecified atom stereocenters. The van der Waals surface area contributed by atoms with Gasteiger partial charge in [0, 0.05) is 19.3 Å². The zero-order chi connectivity index (χ0) is 17.8. The Labute approximate surface area is 144 Å². The number of aliphatic hydroxyl groups is 1. The summed E-state index contributed by atoms with van der Waals surface area (Å²) in [6, 6.07) is 16.7. The van der Waals surface area contributed by atoms with E-state index in [9.17, 15) is 13.5 Å². The summed E-state index contributed by atoms with van der Waals surface area (Å²) in [6.07, 6.45) is 2.10. The fraction of sp³-hybridized carbons (Fsp3) is 0.368. The summed E-state index contributed by atoms with van der Waals surface area (Å²) in [5.74, 6) is 0.